The third-order valence-corrected chi connectivity index (χ3v) is 8.94. The number of rotatable bonds is 7. The van der Waals surface area contributed by atoms with Gasteiger partial charge in [0.15, 0.2) is 9.84 Å². The first-order chi connectivity index (χ1) is 11.6. The lowest BCUT2D eigenvalue weighted by molar-refractivity contribution is -0.119. The number of nitrogens with two attached hydrogens (primary N) is 1. The Balaban J connectivity index is 2.40. The molecule has 1 aromatic rings. The van der Waals surface area contributed by atoms with Gasteiger partial charge in [0.25, 0.3) is 0 Å². The number of primary sulfonamides is 1. The Morgan fingerprint density at radius 2 is 2.12 bits per heavy atom. The van der Waals surface area contributed by atoms with Crippen molar-refractivity contribution in [2.45, 2.75) is 33.1 Å². The molecule has 2 rings (SSSR count). The highest BCUT2D eigenvalue weighted by atomic mass is 32.3. The van der Waals surface area contributed by atoms with E-state index in [4.69, 9.17) is 14.6 Å². The average Bonchev–Trinajstić information content (AvgIpc) is 2.94. The summed E-state index contributed by atoms with van der Waals surface area (Å²) in [5.74, 6) is -0.349. The van der Waals surface area contributed by atoms with Gasteiger partial charge in [0.05, 0.1) is 31.1 Å². The second kappa shape index (κ2) is 7.68. The Kier molecular flexibility index (Phi) is 6.22. The standard InChI is InChI=1S/C13H20N2O7S3/c1-8(16)15-11-5-9(7-22-4-3-21-2)24(17,18)13-10(11)6-12(23-13)25(14,19)20/h6,9,11H,3-5,7H2,1-2H3,(H,15,16)(H2,14,19,20). The van der Waals surface area contributed by atoms with Crippen LogP contribution >= 0.6 is 11.3 Å². The monoisotopic (exact) mass is 412 g/mol. The zero-order valence-corrected chi connectivity index (χ0v) is 16.2. The summed E-state index contributed by atoms with van der Waals surface area (Å²) in [5, 5.41) is 6.87. The zero-order chi connectivity index (χ0) is 18.8. The first-order valence-electron chi connectivity index (χ1n) is 7.31. The number of carbonyl (C=O) groups excluding carboxylic acids is 1. The Labute approximate surface area is 150 Å². The highest BCUT2D eigenvalue weighted by Crippen LogP contribution is 2.42. The lowest BCUT2D eigenvalue weighted by Gasteiger charge is -2.29. The van der Waals surface area contributed by atoms with Gasteiger partial charge in [-0.15, -0.1) is 11.3 Å². The van der Waals surface area contributed by atoms with Crippen molar-refractivity contribution >= 4 is 37.1 Å². The Morgan fingerprint density at radius 1 is 1.44 bits per heavy atom. The van der Waals surface area contributed by atoms with Crippen molar-refractivity contribution in [3.63, 3.8) is 0 Å². The molecule has 0 bridgehead atoms. The van der Waals surface area contributed by atoms with E-state index in [2.05, 4.69) is 5.32 Å². The molecular formula is C13H20N2O7S3. The number of nitrogens with one attached hydrogen (secondary N) is 1. The van der Waals surface area contributed by atoms with Crippen LogP contribution in [0.2, 0.25) is 0 Å². The normalized spacial score (nSPS) is 22.4. The van der Waals surface area contributed by atoms with Gasteiger partial charge in [-0.3, -0.25) is 4.79 Å². The highest BCUT2D eigenvalue weighted by molar-refractivity contribution is 7.95. The third kappa shape index (κ3) is 4.57. The van der Waals surface area contributed by atoms with E-state index in [0.717, 1.165) is 0 Å². The summed E-state index contributed by atoms with van der Waals surface area (Å²) in [6.07, 6.45) is 0.0860. The minimum Gasteiger partial charge on any atom is -0.382 e. The minimum atomic E-state index is -4.05. The Bertz CT molecular complexity index is 845. The molecule has 0 aliphatic carbocycles. The fourth-order valence-electron chi connectivity index (χ4n) is 2.54. The molecule has 0 saturated carbocycles. The average molecular weight is 413 g/mol. The lowest BCUT2D eigenvalue weighted by atomic mass is 10.0. The molecule has 25 heavy (non-hydrogen) atoms. The van der Waals surface area contributed by atoms with E-state index in [0.29, 0.717) is 17.9 Å². The molecule has 0 fully saturated rings. The van der Waals surface area contributed by atoms with E-state index in [-0.39, 0.29) is 39.5 Å². The van der Waals surface area contributed by atoms with Gasteiger partial charge in [-0.2, -0.15) is 0 Å². The zero-order valence-electron chi connectivity index (χ0n) is 13.7. The van der Waals surface area contributed by atoms with Gasteiger partial charge in [-0.05, 0) is 12.5 Å². The molecule has 1 aliphatic heterocycles. The summed E-state index contributed by atoms with van der Waals surface area (Å²) in [7, 11) is -6.34. The van der Waals surface area contributed by atoms with Crippen LogP contribution < -0.4 is 10.5 Å². The number of amides is 1. The van der Waals surface area contributed by atoms with Crippen molar-refractivity contribution in [1.29, 1.82) is 0 Å². The summed E-state index contributed by atoms with van der Waals surface area (Å²) >= 11 is 0.595. The largest absolute Gasteiger partial charge is 0.382 e. The van der Waals surface area contributed by atoms with Crippen molar-refractivity contribution in [1.82, 2.24) is 5.32 Å². The molecule has 3 N–H and O–H groups in total. The van der Waals surface area contributed by atoms with Crippen molar-refractivity contribution in [3.8, 4) is 0 Å². The van der Waals surface area contributed by atoms with Crippen LogP contribution in [0.5, 0.6) is 0 Å². The van der Waals surface area contributed by atoms with E-state index in [1.165, 1.54) is 20.1 Å². The van der Waals surface area contributed by atoms with Crippen LogP contribution in [0, 0.1) is 0 Å². The smallest absolute Gasteiger partial charge is 0.247 e. The number of sulfonamides is 1. The van der Waals surface area contributed by atoms with Gasteiger partial charge in [0, 0.05) is 19.6 Å². The Morgan fingerprint density at radius 3 is 2.68 bits per heavy atom. The summed E-state index contributed by atoms with van der Waals surface area (Å²) in [6.45, 7) is 1.78. The molecule has 9 nitrogen and oxygen atoms in total. The molecule has 2 heterocycles. The molecule has 1 amide bonds. The van der Waals surface area contributed by atoms with Crippen molar-refractivity contribution in [2.75, 3.05) is 26.9 Å². The van der Waals surface area contributed by atoms with Crippen LogP contribution in [-0.4, -0.2) is 54.9 Å². The summed E-state index contributed by atoms with van der Waals surface area (Å²) in [6, 6.07) is 0.592. The SMILES string of the molecule is COCCOCC1CC(NC(C)=O)c2cc(S(N)(=O)=O)sc2S1(=O)=O. The molecule has 2 unspecified atom stereocenters. The quantitative estimate of drug-likeness (QED) is 0.590. The Hall–Kier alpha value is -1.05. The van der Waals surface area contributed by atoms with Gasteiger partial charge in [-0.1, -0.05) is 0 Å². The van der Waals surface area contributed by atoms with Crippen LogP contribution in [0.25, 0.3) is 0 Å². The number of ether oxygens (including phenoxy) is 2. The first kappa shape index (κ1) is 20.3. The number of thiophene rings is 1. The van der Waals surface area contributed by atoms with Gasteiger partial charge in [0.2, 0.25) is 15.9 Å². The van der Waals surface area contributed by atoms with E-state index in [1.807, 2.05) is 0 Å². The van der Waals surface area contributed by atoms with Crippen molar-refractivity contribution < 1.29 is 31.1 Å². The summed E-state index contributed by atoms with van der Waals surface area (Å²) < 4.78 is 58.6. The third-order valence-electron chi connectivity index (χ3n) is 3.67. The maximum atomic E-state index is 12.8. The molecule has 2 atom stereocenters. The number of carbonyl (C=O) groups is 1. The van der Waals surface area contributed by atoms with Crippen LogP contribution in [0.4, 0.5) is 0 Å². The van der Waals surface area contributed by atoms with Crippen LogP contribution in [-0.2, 0) is 34.1 Å². The molecule has 0 radical (unpaired) electrons. The topological polar surface area (TPSA) is 142 Å². The first-order valence-corrected chi connectivity index (χ1v) is 11.2. The maximum Gasteiger partial charge on any atom is 0.247 e. The minimum absolute atomic E-state index is 0.0795. The number of hydrogen-bond acceptors (Lipinski definition) is 8. The molecule has 1 aliphatic rings. The highest BCUT2D eigenvalue weighted by Gasteiger charge is 2.42. The predicted octanol–water partition coefficient (Wildman–Crippen LogP) is -0.218. The molecule has 0 spiro atoms. The molecule has 0 saturated heterocycles. The van der Waals surface area contributed by atoms with Gasteiger partial charge < -0.3 is 14.8 Å². The van der Waals surface area contributed by atoms with Crippen LogP contribution in [0.3, 0.4) is 0 Å². The van der Waals surface area contributed by atoms with E-state index in [9.17, 15) is 21.6 Å². The number of sulfone groups is 1. The van der Waals surface area contributed by atoms with E-state index >= 15 is 0 Å². The fourth-order valence-corrected chi connectivity index (χ4v) is 7.08. The molecule has 142 valence electrons. The van der Waals surface area contributed by atoms with E-state index < -0.39 is 31.2 Å². The number of hydrogen-bond donors (Lipinski definition) is 2. The van der Waals surface area contributed by atoms with E-state index in [1.54, 1.807) is 0 Å². The number of fused-ring (bicyclic) bond motifs is 1. The van der Waals surface area contributed by atoms with Gasteiger partial charge >= 0.3 is 0 Å². The molecular weight excluding hydrogens is 392 g/mol. The second-order valence-corrected chi connectivity index (χ2v) is 10.8. The molecule has 12 heteroatoms. The second-order valence-electron chi connectivity index (χ2n) is 5.58. The molecule has 0 aromatic carbocycles. The van der Waals surface area contributed by atoms with Crippen LogP contribution in [0.1, 0.15) is 24.9 Å². The predicted molar refractivity (Wildman–Crippen MR) is 90.5 cm³/mol. The van der Waals surface area contributed by atoms with Gasteiger partial charge in [0.1, 0.15) is 8.42 Å². The summed E-state index contributed by atoms with van der Waals surface area (Å²) in [4.78, 5) is 11.4. The maximum absolute atomic E-state index is 12.8. The van der Waals surface area contributed by atoms with Gasteiger partial charge in [-0.25, -0.2) is 22.0 Å². The lowest BCUT2D eigenvalue weighted by Crippen LogP contribution is -2.39. The van der Waals surface area contributed by atoms with Crippen LogP contribution in [0.15, 0.2) is 14.5 Å². The number of methoxy groups -OCH3 is 1. The molecule has 1 aromatic heterocycles. The summed E-state index contributed by atoms with van der Waals surface area (Å²) in [5.41, 5.74) is 0.248. The van der Waals surface area contributed by atoms with Crippen molar-refractivity contribution in [3.05, 3.63) is 11.6 Å². The fraction of sp³-hybridized carbons (Fsp3) is 0.615. The van der Waals surface area contributed by atoms with Crippen molar-refractivity contribution in [2.24, 2.45) is 5.14 Å².